The van der Waals surface area contributed by atoms with Crippen LogP contribution in [0, 0.1) is 0 Å². The molecule has 17 heavy (non-hydrogen) atoms. The zero-order valence-corrected chi connectivity index (χ0v) is 10.7. The van der Waals surface area contributed by atoms with Gasteiger partial charge in [-0.2, -0.15) is 0 Å². The topological polar surface area (TPSA) is 0 Å². The lowest BCUT2D eigenvalue weighted by Gasteiger charge is -2.23. The summed E-state index contributed by atoms with van der Waals surface area (Å²) in [4.78, 5) is 0. The van der Waals surface area contributed by atoms with E-state index >= 15 is 0 Å². The molecule has 0 bridgehead atoms. The Morgan fingerprint density at radius 2 is 1.12 bits per heavy atom. The van der Waals surface area contributed by atoms with Crippen molar-refractivity contribution in [2.24, 2.45) is 0 Å². The van der Waals surface area contributed by atoms with E-state index in [2.05, 4.69) is 60.7 Å². The van der Waals surface area contributed by atoms with Gasteiger partial charge in [-0.05, 0) is 33.6 Å². The average molecular weight is 234 g/mol. The minimum absolute atomic E-state index is 1.29. The van der Waals surface area contributed by atoms with Crippen LogP contribution in [0.1, 0.15) is 0 Å². The maximum Gasteiger partial charge on any atom is 0.127 e. The highest BCUT2D eigenvalue weighted by molar-refractivity contribution is 7.06. The molecule has 2 heterocycles. The van der Waals surface area contributed by atoms with Crippen LogP contribution in [-0.2, 0) is 0 Å². The predicted octanol–water partition coefficient (Wildman–Crippen LogP) is 2.80. The van der Waals surface area contributed by atoms with Crippen molar-refractivity contribution in [1.29, 1.82) is 0 Å². The fourth-order valence-electron chi connectivity index (χ4n) is 3.51. The monoisotopic (exact) mass is 234 g/mol. The fraction of sp³-hybridized carbons (Fsp3) is 0.125. The first-order valence-corrected chi connectivity index (χ1v) is 8.68. The fourth-order valence-corrected chi connectivity index (χ4v) is 8.28. The standard InChI is InChI=1S/C16H14Si/c1-3-9-15-13(7-1)14-8-2-4-10-16(14)17(15)11-5-6-12-17/h1-10H,11-12H2. The summed E-state index contributed by atoms with van der Waals surface area (Å²) in [6, 6.07) is 20.7. The third kappa shape index (κ3) is 1.07. The Bertz CT molecular complexity index is 569. The van der Waals surface area contributed by atoms with Crippen LogP contribution in [0.15, 0.2) is 60.7 Å². The molecule has 1 spiro atoms. The van der Waals surface area contributed by atoms with Crippen LogP contribution >= 0.6 is 0 Å². The SMILES string of the molecule is C1=CC[Si]2(C1)c1ccccc1-c1ccccc12. The Morgan fingerprint density at radius 1 is 0.647 bits per heavy atom. The van der Waals surface area contributed by atoms with Gasteiger partial charge in [0.25, 0.3) is 0 Å². The van der Waals surface area contributed by atoms with Crippen LogP contribution in [0.4, 0.5) is 0 Å². The molecule has 0 N–H and O–H groups in total. The second-order valence-electron chi connectivity index (χ2n) is 5.05. The van der Waals surface area contributed by atoms with Gasteiger partial charge in [-0.25, -0.2) is 0 Å². The summed E-state index contributed by atoms with van der Waals surface area (Å²) in [6.45, 7) is 0. The van der Waals surface area contributed by atoms with Gasteiger partial charge in [0.05, 0.1) is 0 Å². The number of hydrogen-bond donors (Lipinski definition) is 0. The van der Waals surface area contributed by atoms with Crippen molar-refractivity contribution >= 4 is 18.4 Å². The van der Waals surface area contributed by atoms with Gasteiger partial charge in [0.1, 0.15) is 8.07 Å². The van der Waals surface area contributed by atoms with Gasteiger partial charge in [0.15, 0.2) is 0 Å². The van der Waals surface area contributed by atoms with E-state index in [-0.39, 0.29) is 0 Å². The molecule has 1 heteroatoms. The van der Waals surface area contributed by atoms with E-state index in [1.54, 1.807) is 10.4 Å². The van der Waals surface area contributed by atoms with Crippen molar-refractivity contribution in [1.82, 2.24) is 0 Å². The Hall–Kier alpha value is -1.60. The van der Waals surface area contributed by atoms with Crippen LogP contribution < -0.4 is 10.4 Å². The number of fused-ring (bicyclic) bond motifs is 5. The van der Waals surface area contributed by atoms with Gasteiger partial charge < -0.3 is 0 Å². The Labute approximate surface area is 103 Å². The quantitative estimate of drug-likeness (QED) is 0.486. The molecule has 2 aromatic rings. The number of rotatable bonds is 0. The first-order valence-electron chi connectivity index (χ1n) is 6.26. The van der Waals surface area contributed by atoms with Crippen molar-refractivity contribution in [3.05, 3.63) is 60.7 Å². The second-order valence-corrected chi connectivity index (χ2v) is 9.11. The molecule has 2 aromatic carbocycles. The third-order valence-corrected chi connectivity index (χ3v) is 9.07. The van der Waals surface area contributed by atoms with Crippen molar-refractivity contribution < 1.29 is 0 Å². The van der Waals surface area contributed by atoms with Crippen molar-refractivity contribution in [2.75, 3.05) is 0 Å². The molecule has 0 nitrogen and oxygen atoms in total. The third-order valence-electron chi connectivity index (χ3n) is 4.27. The lowest BCUT2D eigenvalue weighted by Crippen LogP contribution is -2.52. The van der Waals surface area contributed by atoms with E-state index in [0.717, 1.165) is 0 Å². The molecule has 0 radical (unpaired) electrons. The molecule has 4 rings (SSSR count). The Balaban J connectivity index is 2.10. The van der Waals surface area contributed by atoms with Crippen LogP contribution in [0.2, 0.25) is 12.1 Å². The van der Waals surface area contributed by atoms with Crippen molar-refractivity contribution in [3.63, 3.8) is 0 Å². The molecule has 0 unspecified atom stereocenters. The van der Waals surface area contributed by atoms with Gasteiger partial charge >= 0.3 is 0 Å². The molecule has 2 aliphatic heterocycles. The van der Waals surface area contributed by atoms with Crippen LogP contribution in [0.5, 0.6) is 0 Å². The molecule has 0 aliphatic carbocycles. The van der Waals surface area contributed by atoms with E-state index in [0.29, 0.717) is 0 Å². The van der Waals surface area contributed by atoms with E-state index in [9.17, 15) is 0 Å². The molecule has 0 saturated carbocycles. The Kier molecular flexibility index (Phi) is 1.78. The van der Waals surface area contributed by atoms with Gasteiger partial charge in [0, 0.05) is 0 Å². The van der Waals surface area contributed by atoms with E-state index < -0.39 is 8.07 Å². The zero-order valence-electron chi connectivity index (χ0n) is 9.69. The highest BCUT2D eigenvalue weighted by atomic mass is 28.3. The minimum Gasteiger partial charge on any atom is -0.0908 e. The van der Waals surface area contributed by atoms with Crippen LogP contribution in [0.3, 0.4) is 0 Å². The highest BCUT2D eigenvalue weighted by Crippen LogP contribution is 2.35. The summed E-state index contributed by atoms with van der Waals surface area (Å²) in [5.74, 6) is 0. The van der Waals surface area contributed by atoms with Gasteiger partial charge in [-0.15, -0.1) is 0 Å². The smallest absolute Gasteiger partial charge is 0.0908 e. The van der Waals surface area contributed by atoms with Crippen molar-refractivity contribution in [3.8, 4) is 11.1 Å². The predicted molar refractivity (Wildman–Crippen MR) is 75.7 cm³/mol. The van der Waals surface area contributed by atoms with Crippen molar-refractivity contribution in [2.45, 2.75) is 12.1 Å². The first kappa shape index (κ1) is 9.43. The Morgan fingerprint density at radius 3 is 1.65 bits per heavy atom. The minimum atomic E-state index is -1.42. The summed E-state index contributed by atoms with van der Waals surface area (Å²) < 4.78 is 0. The molecule has 0 aromatic heterocycles. The normalized spacial score (nSPS) is 18.4. The molecular formula is C16H14Si. The maximum atomic E-state index is 2.39. The van der Waals surface area contributed by atoms with Crippen LogP contribution in [-0.4, -0.2) is 8.07 Å². The number of hydrogen-bond acceptors (Lipinski definition) is 0. The van der Waals surface area contributed by atoms with E-state index in [4.69, 9.17) is 0 Å². The lowest BCUT2D eigenvalue weighted by atomic mass is 10.1. The summed E-state index contributed by atoms with van der Waals surface area (Å²) in [7, 11) is -1.42. The summed E-state index contributed by atoms with van der Waals surface area (Å²) in [5.41, 5.74) is 3.00. The summed E-state index contributed by atoms with van der Waals surface area (Å²) in [5, 5.41) is 3.32. The molecule has 0 fully saturated rings. The second kappa shape index (κ2) is 3.20. The molecule has 0 amide bonds. The molecule has 0 saturated heterocycles. The highest BCUT2D eigenvalue weighted by Gasteiger charge is 2.44. The van der Waals surface area contributed by atoms with Gasteiger partial charge in [-0.3, -0.25) is 0 Å². The molecule has 82 valence electrons. The van der Waals surface area contributed by atoms with Gasteiger partial charge in [0.2, 0.25) is 0 Å². The van der Waals surface area contributed by atoms with Crippen LogP contribution in [0.25, 0.3) is 11.1 Å². The first-order chi connectivity index (χ1) is 8.42. The van der Waals surface area contributed by atoms with Gasteiger partial charge in [-0.1, -0.05) is 60.7 Å². The number of allylic oxidation sites excluding steroid dienone is 2. The lowest BCUT2D eigenvalue weighted by molar-refractivity contribution is 1.61. The molecule has 0 atom stereocenters. The molecular weight excluding hydrogens is 220 g/mol. The zero-order chi connectivity index (χ0) is 11.3. The maximum absolute atomic E-state index is 2.39. The summed E-state index contributed by atoms with van der Waals surface area (Å²) in [6.07, 6.45) is 4.79. The largest absolute Gasteiger partial charge is 0.127 e. The summed E-state index contributed by atoms with van der Waals surface area (Å²) >= 11 is 0. The van der Waals surface area contributed by atoms with E-state index in [1.165, 1.54) is 23.2 Å². The molecule has 2 aliphatic rings. The number of benzene rings is 2. The van der Waals surface area contributed by atoms with E-state index in [1.807, 2.05) is 0 Å². The average Bonchev–Trinajstić information content (AvgIpc) is 2.98.